The first kappa shape index (κ1) is 14.5. The van der Waals surface area contributed by atoms with Gasteiger partial charge in [0.15, 0.2) is 12.6 Å². The van der Waals surface area contributed by atoms with E-state index in [4.69, 9.17) is 5.11 Å². The Morgan fingerprint density at radius 3 is 2.38 bits per heavy atom. The molecule has 0 heterocycles. The number of halogens is 3. The summed E-state index contributed by atoms with van der Waals surface area (Å²) in [6.07, 6.45) is -6.13. The fourth-order valence-corrected chi connectivity index (χ4v) is 0.653. The molecule has 0 saturated heterocycles. The van der Waals surface area contributed by atoms with E-state index < -0.39 is 37.5 Å². The van der Waals surface area contributed by atoms with Crippen molar-refractivity contribution in [3.8, 4) is 0 Å². The number of methoxy groups -OCH3 is 1. The standard InChI is InChI=1S/C7H10F3NO5/c1-15-5(13)4(2-12)11-6(14)16-3-7(8,9)10/h4,12H,2-3H2,1H3,(H,11,14). The molecule has 0 aliphatic rings. The van der Waals surface area contributed by atoms with Crippen molar-refractivity contribution in [2.45, 2.75) is 12.2 Å². The van der Waals surface area contributed by atoms with Crippen molar-refractivity contribution in [1.82, 2.24) is 5.32 Å². The zero-order valence-electron chi connectivity index (χ0n) is 8.21. The number of aliphatic hydroxyl groups is 1. The first-order valence-corrected chi connectivity index (χ1v) is 3.99. The van der Waals surface area contributed by atoms with Crippen LogP contribution in [0.2, 0.25) is 0 Å². The van der Waals surface area contributed by atoms with E-state index in [0.717, 1.165) is 7.11 Å². The largest absolute Gasteiger partial charge is 0.467 e. The second kappa shape index (κ2) is 6.16. The first-order chi connectivity index (χ1) is 7.30. The maximum atomic E-state index is 11.6. The zero-order chi connectivity index (χ0) is 12.8. The Balaban J connectivity index is 4.07. The summed E-state index contributed by atoms with van der Waals surface area (Å²) < 4.78 is 42.7. The number of esters is 1. The van der Waals surface area contributed by atoms with Gasteiger partial charge in [0.1, 0.15) is 0 Å². The summed E-state index contributed by atoms with van der Waals surface area (Å²) in [6.45, 7) is -2.59. The predicted octanol–water partition coefficient (Wildman–Crippen LogP) is -0.191. The molecule has 0 aliphatic heterocycles. The molecule has 0 radical (unpaired) electrons. The number of amides is 1. The summed E-state index contributed by atoms with van der Waals surface area (Å²) in [5.74, 6) is -0.994. The molecule has 1 unspecified atom stereocenters. The van der Waals surface area contributed by atoms with E-state index in [-0.39, 0.29) is 0 Å². The molecule has 0 aliphatic carbocycles. The third kappa shape index (κ3) is 6.06. The van der Waals surface area contributed by atoms with Crippen LogP contribution in [0.25, 0.3) is 0 Å². The van der Waals surface area contributed by atoms with Gasteiger partial charge in [-0.15, -0.1) is 0 Å². The first-order valence-electron chi connectivity index (χ1n) is 3.99. The molecule has 0 rings (SSSR count). The molecule has 1 atom stereocenters. The molecule has 0 spiro atoms. The van der Waals surface area contributed by atoms with Gasteiger partial charge in [0.05, 0.1) is 13.7 Å². The number of alkyl halides is 3. The minimum Gasteiger partial charge on any atom is -0.467 e. The molecular formula is C7H10F3NO5. The van der Waals surface area contributed by atoms with Crippen LogP contribution in [0.15, 0.2) is 0 Å². The Hall–Kier alpha value is -1.51. The molecule has 0 fully saturated rings. The summed E-state index contributed by atoms with van der Waals surface area (Å²) in [5.41, 5.74) is 0. The van der Waals surface area contributed by atoms with Crippen LogP contribution in [0.3, 0.4) is 0 Å². The Morgan fingerprint density at radius 2 is 2.00 bits per heavy atom. The second-order valence-corrected chi connectivity index (χ2v) is 2.59. The lowest BCUT2D eigenvalue weighted by Gasteiger charge is -2.14. The van der Waals surface area contributed by atoms with E-state index in [1.807, 2.05) is 0 Å². The molecule has 0 aromatic carbocycles. The highest BCUT2D eigenvalue weighted by Gasteiger charge is 2.30. The number of alkyl carbamates (subject to hydrolysis) is 1. The van der Waals surface area contributed by atoms with Crippen LogP contribution in [0, 0.1) is 0 Å². The Kier molecular flexibility index (Phi) is 5.57. The van der Waals surface area contributed by atoms with E-state index in [0.29, 0.717) is 0 Å². The van der Waals surface area contributed by atoms with Gasteiger partial charge in [-0.1, -0.05) is 0 Å². The molecule has 2 N–H and O–H groups in total. The van der Waals surface area contributed by atoms with E-state index in [9.17, 15) is 22.8 Å². The van der Waals surface area contributed by atoms with Crippen molar-refractivity contribution in [2.75, 3.05) is 20.3 Å². The SMILES string of the molecule is COC(=O)C(CO)NC(=O)OCC(F)(F)F. The van der Waals surface area contributed by atoms with Gasteiger partial charge in [-0.3, -0.25) is 0 Å². The normalized spacial score (nSPS) is 12.8. The van der Waals surface area contributed by atoms with Crippen molar-refractivity contribution < 1.29 is 37.3 Å². The van der Waals surface area contributed by atoms with Gasteiger partial charge < -0.3 is 19.9 Å². The third-order valence-electron chi connectivity index (χ3n) is 1.33. The van der Waals surface area contributed by atoms with Crippen molar-refractivity contribution in [3.05, 3.63) is 0 Å². The molecular weight excluding hydrogens is 235 g/mol. The lowest BCUT2D eigenvalue weighted by molar-refractivity contribution is -0.160. The minimum atomic E-state index is -4.66. The van der Waals surface area contributed by atoms with Crippen molar-refractivity contribution >= 4 is 12.1 Å². The minimum absolute atomic E-state index is 0.812. The smallest absolute Gasteiger partial charge is 0.422 e. The van der Waals surface area contributed by atoms with Crippen LogP contribution in [0.4, 0.5) is 18.0 Å². The van der Waals surface area contributed by atoms with Gasteiger partial charge in [-0.25, -0.2) is 9.59 Å². The Bertz CT molecular complexity index is 255. The Morgan fingerprint density at radius 1 is 1.44 bits per heavy atom. The van der Waals surface area contributed by atoms with Gasteiger partial charge in [0.2, 0.25) is 0 Å². The van der Waals surface area contributed by atoms with Crippen molar-refractivity contribution in [2.24, 2.45) is 0 Å². The van der Waals surface area contributed by atoms with Crippen LogP contribution in [0.5, 0.6) is 0 Å². The van der Waals surface area contributed by atoms with Crippen molar-refractivity contribution in [3.63, 3.8) is 0 Å². The van der Waals surface area contributed by atoms with Crippen LogP contribution >= 0.6 is 0 Å². The number of rotatable bonds is 4. The quantitative estimate of drug-likeness (QED) is 0.670. The zero-order valence-corrected chi connectivity index (χ0v) is 8.21. The number of carbonyl (C=O) groups is 2. The average Bonchev–Trinajstić information content (AvgIpc) is 2.21. The van der Waals surface area contributed by atoms with Crippen LogP contribution in [-0.2, 0) is 14.3 Å². The lowest BCUT2D eigenvalue weighted by Crippen LogP contribution is -2.44. The highest BCUT2D eigenvalue weighted by molar-refractivity contribution is 5.81. The number of carbonyl (C=O) groups excluding carboxylic acids is 2. The van der Waals surface area contributed by atoms with Gasteiger partial charge in [0.25, 0.3) is 0 Å². The highest BCUT2D eigenvalue weighted by Crippen LogP contribution is 2.14. The third-order valence-corrected chi connectivity index (χ3v) is 1.33. The Labute approximate surface area is 88.3 Å². The maximum Gasteiger partial charge on any atom is 0.422 e. The number of nitrogens with one attached hydrogen (secondary N) is 1. The monoisotopic (exact) mass is 245 g/mol. The van der Waals surface area contributed by atoms with Crippen LogP contribution < -0.4 is 5.32 Å². The number of ether oxygens (including phenoxy) is 2. The molecule has 0 bridgehead atoms. The van der Waals surface area contributed by atoms with E-state index >= 15 is 0 Å². The van der Waals surface area contributed by atoms with E-state index in [1.165, 1.54) is 0 Å². The summed E-state index contributed by atoms with van der Waals surface area (Å²) in [4.78, 5) is 21.5. The van der Waals surface area contributed by atoms with Gasteiger partial charge in [0, 0.05) is 0 Å². The molecule has 0 saturated carbocycles. The summed E-state index contributed by atoms with van der Waals surface area (Å²) in [6, 6.07) is -1.45. The van der Waals surface area contributed by atoms with Gasteiger partial charge in [-0.05, 0) is 0 Å². The molecule has 9 heteroatoms. The molecule has 16 heavy (non-hydrogen) atoms. The molecule has 0 aromatic rings. The van der Waals surface area contributed by atoms with Crippen LogP contribution in [0.1, 0.15) is 0 Å². The van der Waals surface area contributed by atoms with E-state index in [2.05, 4.69) is 9.47 Å². The summed E-state index contributed by atoms with van der Waals surface area (Å²) >= 11 is 0. The summed E-state index contributed by atoms with van der Waals surface area (Å²) in [7, 11) is 0.994. The number of aliphatic hydroxyl groups excluding tert-OH is 1. The lowest BCUT2D eigenvalue weighted by atomic mass is 10.3. The molecule has 0 aromatic heterocycles. The van der Waals surface area contributed by atoms with Crippen LogP contribution in [-0.4, -0.2) is 49.7 Å². The van der Waals surface area contributed by atoms with Gasteiger partial charge >= 0.3 is 18.2 Å². The summed E-state index contributed by atoms with van der Waals surface area (Å²) in [5, 5.41) is 10.3. The predicted molar refractivity (Wildman–Crippen MR) is 43.4 cm³/mol. The fraction of sp³-hybridized carbons (Fsp3) is 0.714. The second-order valence-electron chi connectivity index (χ2n) is 2.59. The number of hydrogen-bond acceptors (Lipinski definition) is 5. The molecule has 94 valence electrons. The topological polar surface area (TPSA) is 84.9 Å². The highest BCUT2D eigenvalue weighted by atomic mass is 19.4. The molecule has 6 nitrogen and oxygen atoms in total. The maximum absolute atomic E-state index is 11.6. The van der Waals surface area contributed by atoms with E-state index in [1.54, 1.807) is 5.32 Å². The molecule has 1 amide bonds. The average molecular weight is 245 g/mol. The van der Waals surface area contributed by atoms with Gasteiger partial charge in [-0.2, -0.15) is 13.2 Å². The fourth-order valence-electron chi connectivity index (χ4n) is 0.653. The number of hydrogen-bond donors (Lipinski definition) is 2. The van der Waals surface area contributed by atoms with Crippen molar-refractivity contribution in [1.29, 1.82) is 0 Å².